The van der Waals surface area contributed by atoms with Crippen molar-refractivity contribution in [2.45, 2.75) is 26.1 Å². The lowest BCUT2D eigenvalue weighted by Crippen LogP contribution is -2.54. The van der Waals surface area contributed by atoms with E-state index in [1.807, 2.05) is 43.0 Å². The fraction of sp³-hybridized carbons (Fsp3) is 0.650. The summed E-state index contributed by atoms with van der Waals surface area (Å²) in [5.41, 5.74) is 0. The molecule has 0 spiro atoms. The van der Waals surface area contributed by atoms with Crippen LogP contribution in [-0.2, 0) is 9.53 Å². The maximum Gasteiger partial charge on any atom is 0.236 e. The Labute approximate surface area is 167 Å². The molecule has 2 saturated heterocycles. The second-order valence-electron chi connectivity index (χ2n) is 7.48. The Morgan fingerprint density at radius 3 is 2.30 bits per heavy atom. The number of hydrogen-bond acceptors (Lipinski definition) is 5. The van der Waals surface area contributed by atoms with Crippen LogP contribution in [0.15, 0.2) is 24.3 Å². The molecule has 27 heavy (non-hydrogen) atoms. The minimum Gasteiger partial charge on any atom is -0.492 e. The van der Waals surface area contributed by atoms with Gasteiger partial charge in [0.2, 0.25) is 5.91 Å². The Hall–Kier alpha value is -1.34. The van der Waals surface area contributed by atoms with E-state index in [1.54, 1.807) is 0 Å². The number of ether oxygens (including phenoxy) is 2. The maximum atomic E-state index is 12.6. The van der Waals surface area contributed by atoms with Crippen molar-refractivity contribution in [1.82, 2.24) is 14.7 Å². The van der Waals surface area contributed by atoms with Crippen molar-refractivity contribution in [2.24, 2.45) is 0 Å². The number of amides is 1. The predicted molar refractivity (Wildman–Crippen MR) is 106 cm³/mol. The molecule has 2 atom stereocenters. The Morgan fingerprint density at radius 2 is 1.67 bits per heavy atom. The van der Waals surface area contributed by atoms with Crippen LogP contribution in [0.25, 0.3) is 0 Å². The molecule has 2 fully saturated rings. The monoisotopic (exact) mass is 395 g/mol. The molecule has 0 saturated carbocycles. The molecule has 1 aromatic rings. The van der Waals surface area contributed by atoms with Gasteiger partial charge < -0.3 is 14.4 Å². The number of piperazine rings is 1. The summed E-state index contributed by atoms with van der Waals surface area (Å²) in [6.07, 6.45) is 0.241. The van der Waals surface area contributed by atoms with Crippen LogP contribution in [0.3, 0.4) is 0 Å². The summed E-state index contributed by atoms with van der Waals surface area (Å²) < 4.78 is 11.5. The molecular weight excluding hydrogens is 366 g/mol. The van der Waals surface area contributed by atoms with Crippen LogP contribution in [0, 0.1) is 0 Å². The quantitative estimate of drug-likeness (QED) is 0.737. The minimum absolute atomic E-state index is 0.121. The fourth-order valence-corrected chi connectivity index (χ4v) is 3.79. The third kappa shape index (κ3) is 6.35. The van der Waals surface area contributed by atoms with Gasteiger partial charge in [0, 0.05) is 50.8 Å². The normalized spacial score (nSPS) is 24.8. The maximum absolute atomic E-state index is 12.6. The van der Waals surface area contributed by atoms with E-state index in [-0.39, 0.29) is 18.1 Å². The summed E-state index contributed by atoms with van der Waals surface area (Å²) in [4.78, 5) is 19.2. The Morgan fingerprint density at radius 1 is 1.07 bits per heavy atom. The van der Waals surface area contributed by atoms with Crippen molar-refractivity contribution < 1.29 is 14.3 Å². The molecule has 2 aliphatic rings. The van der Waals surface area contributed by atoms with E-state index < -0.39 is 0 Å². The highest BCUT2D eigenvalue weighted by Crippen LogP contribution is 2.15. The number of rotatable bonds is 6. The number of carbonyl (C=O) groups excluding carboxylic acids is 1. The number of nitrogens with zero attached hydrogens (tertiary/aromatic N) is 3. The Balaban J connectivity index is 1.33. The number of benzene rings is 1. The van der Waals surface area contributed by atoms with Gasteiger partial charge in [-0.15, -0.1) is 0 Å². The van der Waals surface area contributed by atoms with Gasteiger partial charge in [-0.05, 0) is 38.1 Å². The molecule has 0 aromatic heterocycles. The summed E-state index contributed by atoms with van der Waals surface area (Å²) in [5, 5.41) is 0.717. The first-order valence-electron chi connectivity index (χ1n) is 9.76. The fourth-order valence-electron chi connectivity index (χ4n) is 3.67. The summed E-state index contributed by atoms with van der Waals surface area (Å²) in [6, 6.07) is 7.45. The SMILES string of the molecule is CC1CN(C(=O)CN2CCN(CCOc3ccc(Cl)cc3)CC2)CC(C)O1. The second kappa shape index (κ2) is 9.73. The van der Waals surface area contributed by atoms with Gasteiger partial charge in [0.1, 0.15) is 12.4 Å². The largest absolute Gasteiger partial charge is 0.492 e. The molecule has 0 bridgehead atoms. The molecule has 7 heteroatoms. The first kappa shape index (κ1) is 20.4. The van der Waals surface area contributed by atoms with E-state index in [0.29, 0.717) is 31.3 Å². The van der Waals surface area contributed by atoms with E-state index in [4.69, 9.17) is 21.1 Å². The highest BCUT2D eigenvalue weighted by Gasteiger charge is 2.27. The lowest BCUT2D eigenvalue weighted by atomic mass is 10.2. The lowest BCUT2D eigenvalue weighted by molar-refractivity contribution is -0.144. The van der Waals surface area contributed by atoms with Gasteiger partial charge in [-0.25, -0.2) is 0 Å². The van der Waals surface area contributed by atoms with E-state index in [9.17, 15) is 4.79 Å². The molecule has 3 rings (SSSR count). The van der Waals surface area contributed by atoms with Crippen molar-refractivity contribution >= 4 is 17.5 Å². The average molecular weight is 396 g/mol. The van der Waals surface area contributed by atoms with Crippen LogP contribution >= 0.6 is 11.6 Å². The number of hydrogen-bond donors (Lipinski definition) is 0. The van der Waals surface area contributed by atoms with Gasteiger partial charge >= 0.3 is 0 Å². The molecule has 150 valence electrons. The van der Waals surface area contributed by atoms with Crippen molar-refractivity contribution in [1.29, 1.82) is 0 Å². The molecule has 1 aromatic carbocycles. The van der Waals surface area contributed by atoms with Crippen LogP contribution < -0.4 is 4.74 Å². The van der Waals surface area contributed by atoms with Crippen molar-refractivity contribution in [3.05, 3.63) is 29.3 Å². The van der Waals surface area contributed by atoms with Gasteiger partial charge in [0.15, 0.2) is 0 Å². The molecule has 2 unspecified atom stereocenters. The summed E-state index contributed by atoms with van der Waals surface area (Å²) in [5.74, 6) is 1.06. The third-order valence-electron chi connectivity index (χ3n) is 5.09. The van der Waals surface area contributed by atoms with E-state index in [0.717, 1.165) is 38.5 Å². The molecule has 0 N–H and O–H groups in total. The van der Waals surface area contributed by atoms with Crippen LogP contribution in [0.2, 0.25) is 5.02 Å². The third-order valence-corrected chi connectivity index (χ3v) is 5.34. The molecule has 2 heterocycles. The van der Waals surface area contributed by atoms with Gasteiger partial charge in [-0.3, -0.25) is 14.6 Å². The van der Waals surface area contributed by atoms with Crippen molar-refractivity contribution in [3.8, 4) is 5.75 Å². The van der Waals surface area contributed by atoms with Crippen molar-refractivity contribution in [2.75, 3.05) is 59.0 Å². The van der Waals surface area contributed by atoms with Crippen molar-refractivity contribution in [3.63, 3.8) is 0 Å². The van der Waals surface area contributed by atoms with Crippen LogP contribution in [0.5, 0.6) is 5.75 Å². The second-order valence-corrected chi connectivity index (χ2v) is 7.91. The lowest BCUT2D eigenvalue weighted by Gasteiger charge is -2.38. The molecule has 6 nitrogen and oxygen atoms in total. The van der Waals surface area contributed by atoms with E-state index >= 15 is 0 Å². The van der Waals surface area contributed by atoms with Gasteiger partial charge in [-0.2, -0.15) is 0 Å². The zero-order valence-electron chi connectivity index (χ0n) is 16.3. The summed E-state index contributed by atoms with van der Waals surface area (Å²) in [7, 11) is 0. The van der Waals surface area contributed by atoms with Crippen LogP contribution in [0.1, 0.15) is 13.8 Å². The number of carbonyl (C=O) groups is 1. The van der Waals surface area contributed by atoms with E-state index in [1.165, 1.54) is 0 Å². The zero-order chi connectivity index (χ0) is 19.2. The van der Waals surface area contributed by atoms with Gasteiger partial charge in [-0.1, -0.05) is 11.6 Å². The van der Waals surface area contributed by atoms with E-state index in [2.05, 4.69) is 9.80 Å². The molecule has 0 aliphatic carbocycles. The number of morpholine rings is 1. The first-order valence-corrected chi connectivity index (χ1v) is 10.1. The standard InChI is InChI=1S/C20H30ClN3O3/c1-16-13-24(14-17(2)27-16)20(25)15-23-9-7-22(8-10-23)11-12-26-19-5-3-18(21)4-6-19/h3-6,16-17H,7-15H2,1-2H3. The topological polar surface area (TPSA) is 45.3 Å². The number of halogens is 1. The molecule has 2 aliphatic heterocycles. The first-order chi connectivity index (χ1) is 13.0. The Bertz CT molecular complexity index is 595. The van der Waals surface area contributed by atoms with Gasteiger partial charge in [0.05, 0.1) is 18.8 Å². The van der Waals surface area contributed by atoms with Crippen LogP contribution in [0.4, 0.5) is 0 Å². The highest BCUT2D eigenvalue weighted by molar-refractivity contribution is 6.30. The average Bonchev–Trinajstić information content (AvgIpc) is 2.64. The smallest absolute Gasteiger partial charge is 0.236 e. The summed E-state index contributed by atoms with van der Waals surface area (Å²) >= 11 is 5.88. The Kier molecular flexibility index (Phi) is 7.35. The van der Waals surface area contributed by atoms with Crippen LogP contribution in [-0.4, -0.2) is 91.8 Å². The predicted octanol–water partition coefficient (Wildman–Crippen LogP) is 1.97. The highest BCUT2D eigenvalue weighted by atomic mass is 35.5. The zero-order valence-corrected chi connectivity index (χ0v) is 17.0. The summed E-state index contributed by atoms with van der Waals surface area (Å²) in [6.45, 7) is 11.3. The van der Waals surface area contributed by atoms with Gasteiger partial charge in [0.25, 0.3) is 0 Å². The molecule has 0 radical (unpaired) electrons. The molecule has 1 amide bonds. The molecular formula is C20H30ClN3O3. The minimum atomic E-state index is 0.121.